The molecule has 0 aromatic heterocycles. The van der Waals surface area contributed by atoms with Gasteiger partial charge in [-0.25, -0.2) is 0 Å². The van der Waals surface area contributed by atoms with Crippen LogP contribution in [0.25, 0.3) is 0 Å². The Morgan fingerprint density at radius 3 is 0.847 bits per heavy atom. The standard InChI is InChI=1S/C53H100O6/c1-4-7-10-13-16-19-22-25-26-29-31-34-37-40-43-46-49(55)52(58)53(59,50(56)47-44-41-38-35-32-28-24-21-18-15-12-9-6-3)51(57)48(54)45-42-39-36-33-30-27-23-20-17-14-11-8-5-2/h25-26,51-52,57-59H,4-24,27-47H2,1-3H3/b26-25+. The molecule has 0 heterocycles. The molecule has 348 valence electrons. The Hall–Kier alpha value is -1.37. The molecule has 0 radical (unpaired) electrons. The van der Waals surface area contributed by atoms with Gasteiger partial charge in [-0.05, 0) is 44.9 Å². The molecule has 0 saturated carbocycles. The van der Waals surface area contributed by atoms with Gasteiger partial charge < -0.3 is 15.3 Å². The number of Topliss-reactive ketones (excluding diaryl/α,β-unsaturated/α-hetero) is 3. The van der Waals surface area contributed by atoms with Gasteiger partial charge in [0.2, 0.25) is 0 Å². The van der Waals surface area contributed by atoms with Crippen LogP contribution in [0.15, 0.2) is 12.2 Å². The van der Waals surface area contributed by atoms with Gasteiger partial charge in [0.05, 0.1) is 0 Å². The van der Waals surface area contributed by atoms with Gasteiger partial charge in [-0.1, -0.05) is 238 Å². The molecule has 0 aromatic rings. The quantitative estimate of drug-likeness (QED) is 0.0416. The molecule has 0 saturated heterocycles. The van der Waals surface area contributed by atoms with Crippen LogP contribution in [0.4, 0.5) is 0 Å². The molecule has 0 rings (SSSR count). The number of hydrogen-bond acceptors (Lipinski definition) is 6. The predicted octanol–water partition coefficient (Wildman–Crippen LogP) is 15.1. The highest BCUT2D eigenvalue weighted by Crippen LogP contribution is 2.26. The van der Waals surface area contributed by atoms with Crippen molar-refractivity contribution in [2.45, 2.75) is 308 Å². The molecule has 0 aliphatic carbocycles. The third kappa shape index (κ3) is 32.9. The lowest BCUT2D eigenvalue weighted by Gasteiger charge is -2.34. The molecule has 3 atom stereocenters. The Labute approximate surface area is 366 Å². The topological polar surface area (TPSA) is 112 Å². The first-order chi connectivity index (χ1) is 28.8. The first kappa shape index (κ1) is 57.6. The van der Waals surface area contributed by atoms with E-state index in [1.807, 2.05) is 0 Å². The zero-order valence-corrected chi connectivity index (χ0v) is 39.6. The predicted molar refractivity (Wildman–Crippen MR) is 252 cm³/mol. The Morgan fingerprint density at radius 2 is 0.576 bits per heavy atom. The van der Waals surface area contributed by atoms with Crippen LogP contribution in [0.2, 0.25) is 0 Å². The molecule has 59 heavy (non-hydrogen) atoms. The summed E-state index contributed by atoms with van der Waals surface area (Å²) in [5, 5.41) is 34.1. The SMILES string of the molecule is CCCCCCCC/C=C/CCCCCCCC(=O)C(O)C(O)(C(=O)CCCCCCCCCCCCCCC)C(O)C(=O)CCCCCCCCCCCCCCC. The summed E-state index contributed by atoms with van der Waals surface area (Å²) in [5.74, 6) is -2.13. The number of hydrogen-bond donors (Lipinski definition) is 3. The normalized spacial score (nSPS) is 13.9. The first-order valence-corrected chi connectivity index (χ1v) is 26.1. The molecule has 0 aliphatic heterocycles. The first-order valence-electron chi connectivity index (χ1n) is 26.1. The van der Waals surface area contributed by atoms with Crippen LogP contribution in [0.3, 0.4) is 0 Å². The maximum Gasteiger partial charge on any atom is 0.189 e. The summed E-state index contributed by atoms with van der Waals surface area (Å²) in [7, 11) is 0. The van der Waals surface area contributed by atoms with Crippen LogP contribution in [0.1, 0.15) is 290 Å². The number of ketones is 3. The Bertz CT molecular complexity index is 977. The van der Waals surface area contributed by atoms with Crippen molar-refractivity contribution in [2.24, 2.45) is 0 Å². The van der Waals surface area contributed by atoms with Crippen molar-refractivity contribution in [2.75, 3.05) is 0 Å². The van der Waals surface area contributed by atoms with E-state index in [1.54, 1.807) is 0 Å². The van der Waals surface area contributed by atoms with Gasteiger partial charge in [0.1, 0.15) is 0 Å². The van der Waals surface area contributed by atoms with Gasteiger partial charge in [-0.3, -0.25) is 14.4 Å². The molecule has 3 unspecified atom stereocenters. The number of unbranched alkanes of at least 4 members (excludes halogenated alkanes) is 35. The number of rotatable bonds is 48. The van der Waals surface area contributed by atoms with Crippen molar-refractivity contribution < 1.29 is 29.7 Å². The lowest BCUT2D eigenvalue weighted by molar-refractivity contribution is -0.181. The summed E-state index contributed by atoms with van der Waals surface area (Å²) in [6, 6.07) is 0. The molecular weight excluding hydrogens is 733 g/mol. The minimum Gasteiger partial charge on any atom is -0.382 e. The van der Waals surface area contributed by atoms with Crippen molar-refractivity contribution in [3.8, 4) is 0 Å². The summed E-state index contributed by atoms with van der Waals surface area (Å²) in [6.07, 6.45) is 45.0. The van der Waals surface area contributed by atoms with Gasteiger partial charge >= 0.3 is 0 Å². The molecule has 6 nitrogen and oxygen atoms in total. The van der Waals surface area contributed by atoms with Crippen molar-refractivity contribution in [1.29, 1.82) is 0 Å². The smallest absolute Gasteiger partial charge is 0.189 e. The molecule has 0 fully saturated rings. The second-order valence-electron chi connectivity index (χ2n) is 18.3. The highest BCUT2D eigenvalue weighted by atomic mass is 16.4. The maximum absolute atomic E-state index is 13.6. The zero-order chi connectivity index (χ0) is 43.5. The molecule has 0 aliphatic rings. The second kappa shape index (κ2) is 43.3. The van der Waals surface area contributed by atoms with Crippen LogP contribution in [0.5, 0.6) is 0 Å². The van der Waals surface area contributed by atoms with Crippen molar-refractivity contribution >= 4 is 17.3 Å². The molecule has 6 heteroatoms. The van der Waals surface area contributed by atoms with E-state index in [0.29, 0.717) is 19.3 Å². The van der Waals surface area contributed by atoms with E-state index in [0.717, 1.165) is 77.0 Å². The number of allylic oxidation sites excluding steroid dienone is 2. The minimum atomic E-state index is -2.80. The maximum atomic E-state index is 13.6. The summed E-state index contributed by atoms with van der Waals surface area (Å²) < 4.78 is 0. The van der Waals surface area contributed by atoms with E-state index in [1.165, 1.54) is 154 Å². The fourth-order valence-electron chi connectivity index (χ4n) is 8.41. The third-order valence-corrected chi connectivity index (χ3v) is 12.6. The summed E-state index contributed by atoms with van der Waals surface area (Å²) in [6.45, 7) is 6.74. The van der Waals surface area contributed by atoms with Gasteiger partial charge in [-0.15, -0.1) is 0 Å². The van der Waals surface area contributed by atoms with Crippen LogP contribution in [-0.2, 0) is 14.4 Å². The highest BCUT2D eigenvalue weighted by Gasteiger charge is 2.53. The largest absolute Gasteiger partial charge is 0.382 e. The zero-order valence-electron chi connectivity index (χ0n) is 39.6. The fourth-order valence-corrected chi connectivity index (χ4v) is 8.41. The molecule has 0 aromatic carbocycles. The Kier molecular flexibility index (Phi) is 42.3. The van der Waals surface area contributed by atoms with Crippen molar-refractivity contribution in [3.63, 3.8) is 0 Å². The number of carbonyl (C=O) groups is 3. The van der Waals surface area contributed by atoms with E-state index in [4.69, 9.17) is 0 Å². The van der Waals surface area contributed by atoms with E-state index >= 15 is 0 Å². The molecular formula is C53H100O6. The number of aliphatic hydroxyl groups is 3. The monoisotopic (exact) mass is 833 g/mol. The minimum absolute atomic E-state index is 0.00736. The Morgan fingerprint density at radius 1 is 0.356 bits per heavy atom. The summed E-state index contributed by atoms with van der Waals surface area (Å²) in [4.78, 5) is 40.0. The van der Waals surface area contributed by atoms with Crippen LogP contribution in [0, 0.1) is 0 Å². The summed E-state index contributed by atoms with van der Waals surface area (Å²) in [5.41, 5.74) is -2.80. The van der Waals surface area contributed by atoms with E-state index in [-0.39, 0.29) is 19.3 Å². The van der Waals surface area contributed by atoms with Gasteiger partial charge in [-0.2, -0.15) is 0 Å². The molecule has 0 spiro atoms. The van der Waals surface area contributed by atoms with Gasteiger partial charge in [0, 0.05) is 19.3 Å². The van der Waals surface area contributed by atoms with E-state index < -0.39 is 35.2 Å². The van der Waals surface area contributed by atoms with Crippen molar-refractivity contribution in [3.05, 3.63) is 12.2 Å². The summed E-state index contributed by atoms with van der Waals surface area (Å²) >= 11 is 0. The fraction of sp³-hybridized carbons (Fsp3) is 0.906. The van der Waals surface area contributed by atoms with E-state index in [2.05, 4.69) is 32.9 Å². The number of carbonyl (C=O) groups excluding carboxylic acids is 3. The molecule has 0 bridgehead atoms. The lowest BCUT2D eigenvalue weighted by atomic mass is 9.78. The second-order valence-corrected chi connectivity index (χ2v) is 18.3. The lowest BCUT2D eigenvalue weighted by Crippen LogP contribution is -2.63. The number of aliphatic hydroxyl groups excluding tert-OH is 2. The Balaban J connectivity index is 4.79. The van der Waals surface area contributed by atoms with Gasteiger partial charge in [0.25, 0.3) is 0 Å². The average molecular weight is 833 g/mol. The average Bonchev–Trinajstić information content (AvgIpc) is 3.24. The van der Waals surface area contributed by atoms with Gasteiger partial charge in [0.15, 0.2) is 35.2 Å². The van der Waals surface area contributed by atoms with E-state index in [9.17, 15) is 29.7 Å². The van der Waals surface area contributed by atoms with Crippen LogP contribution < -0.4 is 0 Å². The third-order valence-electron chi connectivity index (χ3n) is 12.6. The van der Waals surface area contributed by atoms with Crippen molar-refractivity contribution in [1.82, 2.24) is 0 Å². The highest BCUT2D eigenvalue weighted by molar-refractivity contribution is 6.01. The van der Waals surface area contributed by atoms with Crippen LogP contribution in [-0.4, -0.2) is 50.5 Å². The van der Waals surface area contributed by atoms with Crippen LogP contribution >= 0.6 is 0 Å². The molecule has 3 N–H and O–H groups in total. The molecule has 0 amide bonds.